The summed E-state index contributed by atoms with van der Waals surface area (Å²) in [7, 11) is 1.55. The molecular weight excluding hydrogens is 356 g/mol. The van der Waals surface area contributed by atoms with Crippen LogP contribution in [-0.2, 0) is 4.79 Å². The molecule has 0 bridgehead atoms. The van der Waals surface area contributed by atoms with E-state index in [1.165, 1.54) is 0 Å². The predicted octanol–water partition coefficient (Wildman–Crippen LogP) is 3.78. The van der Waals surface area contributed by atoms with Crippen LogP contribution in [0.25, 0.3) is 10.8 Å². The smallest absolute Gasteiger partial charge is 0.277 e. The van der Waals surface area contributed by atoms with Crippen LogP contribution in [0.1, 0.15) is 12.5 Å². The van der Waals surface area contributed by atoms with Gasteiger partial charge >= 0.3 is 0 Å². The Labute approximate surface area is 163 Å². The minimum Gasteiger partial charge on any atom is -0.493 e. The summed E-state index contributed by atoms with van der Waals surface area (Å²) >= 11 is 0. The zero-order valence-electron chi connectivity index (χ0n) is 15.8. The number of hydrogen-bond acceptors (Lipinski definition) is 5. The van der Waals surface area contributed by atoms with E-state index in [0.717, 1.165) is 16.3 Å². The summed E-state index contributed by atoms with van der Waals surface area (Å²) in [5.41, 5.74) is 3.29. The van der Waals surface area contributed by atoms with E-state index in [-0.39, 0.29) is 12.5 Å². The first-order valence-electron chi connectivity index (χ1n) is 8.95. The van der Waals surface area contributed by atoms with Gasteiger partial charge in [-0.15, -0.1) is 0 Å². The van der Waals surface area contributed by atoms with Crippen LogP contribution in [0.4, 0.5) is 0 Å². The van der Waals surface area contributed by atoms with Crippen molar-refractivity contribution in [2.45, 2.75) is 6.92 Å². The number of ether oxygens (including phenoxy) is 3. The molecule has 28 heavy (non-hydrogen) atoms. The second kappa shape index (κ2) is 9.41. The Morgan fingerprint density at radius 1 is 0.964 bits per heavy atom. The van der Waals surface area contributed by atoms with Crippen LogP contribution in [0.15, 0.2) is 65.8 Å². The number of hydrogen-bond donors (Lipinski definition) is 1. The number of amides is 1. The van der Waals surface area contributed by atoms with Crippen LogP contribution in [0.2, 0.25) is 0 Å². The van der Waals surface area contributed by atoms with Gasteiger partial charge in [-0.2, -0.15) is 5.10 Å². The summed E-state index contributed by atoms with van der Waals surface area (Å²) in [6.45, 7) is 2.29. The monoisotopic (exact) mass is 378 g/mol. The topological polar surface area (TPSA) is 69.2 Å². The number of methoxy groups -OCH3 is 1. The van der Waals surface area contributed by atoms with Crippen LogP contribution >= 0.6 is 0 Å². The molecule has 0 atom stereocenters. The summed E-state index contributed by atoms with van der Waals surface area (Å²) < 4.78 is 16.4. The lowest BCUT2D eigenvalue weighted by molar-refractivity contribution is -0.123. The molecule has 0 saturated carbocycles. The molecule has 0 spiro atoms. The molecule has 0 fully saturated rings. The average molecular weight is 378 g/mol. The third-order valence-corrected chi connectivity index (χ3v) is 4.04. The van der Waals surface area contributed by atoms with Crippen molar-refractivity contribution in [3.8, 4) is 17.2 Å². The Bertz CT molecular complexity index is 985. The van der Waals surface area contributed by atoms with Gasteiger partial charge in [-0.05, 0) is 35.9 Å². The average Bonchev–Trinajstić information content (AvgIpc) is 2.73. The van der Waals surface area contributed by atoms with Crippen LogP contribution in [0, 0.1) is 0 Å². The molecule has 0 aliphatic carbocycles. The first kappa shape index (κ1) is 19.2. The maximum absolute atomic E-state index is 12.1. The van der Waals surface area contributed by atoms with Crippen LogP contribution < -0.4 is 19.6 Å². The number of nitrogens with one attached hydrogen (secondary N) is 1. The van der Waals surface area contributed by atoms with E-state index >= 15 is 0 Å². The highest BCUT2D eigenvalue weighted by Gasteiger charge is 2.08. The lowest BCUT2D eigenvalue weighted by atomic mass is 10.0. The molecule has 3 aromatic carbocycles. The Hall–Kier alpha value is -3.54. The highest BCUT2D eigenvalue weighted by Crippen LogP contribution is 2.27. The van der Waals surface area contributed by atoms with E-state index in [0.29, 0.717) is 23.9 Å². The zero-order chi connectivity index (χ0) is 19.8. The first-order chi connectivity index (χ1) is 13.7. The van der Waals surface area contributed by atoms with Crippen molar-refractivity contribution in [3.63, 3.8) is 0 Å². The summed E-state index contributed by atoms with van der Waals surface area (Å²) in [6.07, 6.45) is 1.59. The van der Waals surface area contributed by atoms with Gasteiger partial charge < -0.3 is 14.2 Å². The summed E-state index contributed by atoms with van der Waals surface area (Å²) in [6, 6.07) is 19.0. The van der Waals surface area contributed by atoms with Crippen molar-refractivity contribution in [2.24, 2.45) is 5.10 Å². The number of carbonyl (C=O) groups excluding carboxylic acids is 1. The Kier molecular flexibility index (Phi) is 6.46. The molecule has 0 aliphatic heterocycles. The molecule has 3 rings (SSSR count). The molecule has 1 N–H and O–H groups in total. The van der Waals surface area contributed by atoms with Crippen LogP contribution in [-0.4, -0.2) is 32.4 Å². The molecular formula is C22H22N2O4. The normalized spacial score (nSPS) is 10.8. The van der Waals surface area contributed by atoms with Crippen molar-refractivity contribution in [3.05, 3.63) is 66.2 Å². The number of hydrazone groups is 1. The largest absolute Gasteiger partial charge is 0.493 e. The van der Waals surface area contributed by atoms with E-state index in [9.17, 15) is 4.79 Å². The zero-order valence-corrected chi connectivity index (χ0v) is 15.8. The molecule has 0 unspecified atom stereocenters. The maximum atomic E-state index is 12.1. The third kappa shape index (κ3) is 4.59. The molecule has 0 heterocycles. The molecule has 0 aromatic heterocycles. The van der Waals surface area contributed by atoms with Crippen molar-refractivity contribution >= 4 is 22.9 Å². The predicted molar refractivity (Wildman–Crippen MR) is 109 cm³/mol. The summed E-state index contributed by atoms with van der Waals surface area (Å²) in [5, 5.41) is 6.14. The number of benzene rings is 3. The molecule has 0 radical (unpaired) electrons. The molecule has 1 amide bonds. The van der Waals surface area contributed by atoms with Gasteiger partial charge in [-0.25, -0.2) is 5.43 Å². The van der Waals surface area contributed by atoms with Gasteiger partial charge in [0, 0.05) is 5.56 Å². The molecule has 6 heteroatoms. The lowest BCUT2D eigenvalue weighted by Gasteiger charge is -2.10. The Morgan fingerprint density at radius 3 is 2.50 bits per heavy atom. The fourth-order valence-corrected chi connectivity index (χ4v) is 2.77. The second-order valence-electron chi connectivity index (χ2n) is 5.86. The fourth-order valence-electron chi connectivity index (χ4n) is 2.77. The number of carbonyl (C=O) groups is 1. The van der Waals surface area contributed by atoms with E-state index in [1.54, 1.807) is 25.5 Å². The molecule has 144 valence electrons. The lowest BCUT2D eigenvalue weighted by Crippen LogP contribution is -2.24. The van der Waals surface area contributed by atoms with Gasteiger partial charge in [0.1, 0.15) is 5.75 Å². The summed E-state index contributed by atoms with van der Waals surface area (Å²) in [4.78, 5) is 12.1. The minimum atomic E-state index is -0.375. The second-order valence-corrected chi connectivity index (χ2v) is 5.86. The van der Waals surface area contributed by atoms with Crippen molar-refractivity contribution in [1.29, 1.82) is 0 Å². The standard InChI is InChI=1S/C22H22N2O4/c1-3-27-19-13-12-16-8-4-5-9-17(16)18(19)14-23-24-22(25)15-28-21-11-7-6-10-20(21)26-2/h4-14H,3,15H2,1-2H3,(H,24,25)/b23-14-. The minimum absolute atomic E-state index is 0.175. The van der Waals surface area contributed by atoms with Crippen LogP contribution in [0.3, 0.4) is 0 Å². The van der Waals surface area contributed by atoms with Crippen molar-refractivity contribution in [2.75, 3.05) is 20.3 Å². The maximum Gasteiger partial charge on any atom is 0.277 e. The number of nitrogens with zero attached hydrogens (tertiary/aromatic N) is 1. The SMILES string of the molecule is CCOc1ccc2ccccc2c1/C=N\NC(=O)COc1ccccc1OC. The highest BCUT2D eigenvalue weighted by atomic mass is 16.5. The van der Waals surface area contributed by atoms with E-state index in [2.05, 4.69) is 10.5 Å². The van der Waals surface area contributed by atoms with Gasteiger partial charge in [0.15, 0.2) is 18.1 Å². The van der Waals surface area contributed by atoms with E-state index < -0.39 is 0 Å². The van der Waals surface area contributed by atoms with Gasteiger partial charge in [-0.3, -0.25) is 4.79 Å². The first-order valence-corrected chi connectivity index (χ1v) is 8.95. The highest BCUT2D eigenvalue weighted by molar-refractivity contribution is 6.02. The Balaban J connectivity index is 1.68. The van der Waals surface area contributed by atoms with E-state index in [1.807, 2.05) is 55.5 Å². The number of para-hydroxylation sites is 2. The quantitative estimate of drug-likeness (QED) is 0.478. The third-order valence-electron chi connectivity index (χ3n) is 4.04. The molecule has 0 aliphatic rings. The Morgan fingerprint density at radius 2 is 1.71 bits per heavy atom. The van der Waals surface area contributed by atoms with Gasteiger partial charge in [-0.1, -0.05) is 42.5 Å². The summed E-state index contributed by atoms with van der Waals surface area (Å²) in [5.74, 6) is 1.40. The van der Waals surface area contributed by atoms with Gasteiger partial charge in [0.05, 0.1) is 19.9 Å². The fraction of sp³-hybridized carbons (Fsp3) is 0.182. The van der Waals surface area contributed by atoms with Crippen molar-refractivity contribution < 1.29 is 19.0 Å². The van der Waals surface area contributed by atoms with E-state index in [4.69, 9.17) is 14.2 Å². The number of fused-ring (bicyclic) bond motifs is 1. The molecule has 3 aromatic rings. The van der Waals surface area contributed by atoms with Crippen LogP contribution in [0.5, 0.6) is 17.2 Å². The van der Waals surface area contributed by atoms with Gasteiger partial charge in [0.2, 0.25) is 0 Å². The van der Waals surface area contributed by atoms with Gasteiger partial charge in [0.25, 0.3) is 5.91 Å². The molecule has 0 saturated heterocycles. The van der Waals surface area contributed by atoms with Crippen molar-refractivity contribution in [1.82, 2.24) is 5.43 Å². The number of rotatable bonds is 8. The molecule has 6 nitrogen and oxygen atoms in total.